The number of ether oxygens (including phenoxy) is 1. The quantitative estimate of drug-likeness (QED) is 0.626. The van der Waals surface area contributed by atoms with Gasteiger partial charge in [-0.15, -0.1) is 0 Å². The zero-order valence-electron chi connectivity index (χ0n) is 17.3. The van der Waals surface area contributed by atoms with Crippen LogP contribution in [0.1, 0.15) is 10.4 Å². The first kappa shape index (κ1) is 21.1. The van der Waals surface area contributed by atoms with Crippen LogP contribution >= 0.6 is 11.6 Å². The first-order valence-corrected chi connectivity index (χ1v) is 10.2. The number of aromatic nitrogens is 1. The van der Waals surface area contributed by atoms with E-state index < -0.39 is 11.7 Å². The Morgan fingerprint density at radius 2 is 2.00 bits per heavy atom. The summed E-state index contributed by atoms with van der Waals surface area (Å²) in [4.78, 5) is 21.0. The predicted octanol–water partition coefficient (Wildman–Crippen LogP) is 3.63. The summed E-state index contributed by atoms with van der Waals surface area (Å²) in [5, 5.41) is 3.55. The summed E-state index contributed by atoms with van der Waals surface area (Å²) in [6.45, 7) is 3.60. The van der Waals surface area contributed by atoms with Gasteiger partial charge in [0.1, 0.15) is 5.75 Å². The molecule has 4 rings (SSSR count). The lowest BCUT2D eigenvalue weighted by Crippen LogP contribution is -2.44. The molecule has 1 aliphatic heterocycles. The predicted molar refractivity (Wildman–Crippen MR) is 121 cm³/mol. The molecule has 1 aromatic heterocycles. The third-order valence-corrected chi connectivity index (χ3v) is 5.78. The van der Waals surface area contributed by atoms with Gasteiger partial charge in [0.05, 0.1) is 40.3 Å². The summed E-state index contributed by atoms with van der Waals surface area (Å²) in [6.07, 6.45) is 1.40. The molecule has 9 heteroatoms. The fourth-order valence-corrected chi connectivity index (χ4v) is 3.90. The fourth-order valence-electron chi connectivity index (χ4n) is 3.72. The average Bonchev–Trinajstić information content (AvgIpc) is 2.76. The van der Waals surface area contributed by atoms with Gasteiger partial charge in [-0.3, -0.25) is 9.78 Å². The summed E-state index contributed by atoms with van der Waals surface area (Å²) < 4.78 is 20.2. The van der Waals surface area contributed by atoms with E-state index in [0.29, 0.717) is 22.3 Å². The Bertz CT molecular complexity index is 1150. The molecule has 0 atom stereocenters. The summed E-state index contributed by atoms with van der Waals surface area (Å²) in [7, 11) is 3.69. The molecule has 0 spiro atoms. The minimum atomic E-state index is -0.679. The molecule has 0 bridgehead atoms. The van der Waals surface area contributed by atoms with Crippen LogP contribution in [0.3, 0.4) is 0 Å². The van der Waals surface area contributed by atoms with Crippen LogP contribution in [0.25, 0.3) is 10.9 Å². The number of rotatable bonds is 5. The number of hydrogen-bond acceptors (Lipinski definition) is 6. The van der Waals surface area contributed by atoms with E-state index >= 15 is 0 Å². The van der Waals surface area contributed by atoms with Crippen molar-refractivity contribution in [1.29, 1.82) is 0 Å². The van der Waals surface area contributed by atoms with Crippen LogP contribution in [0, 0.1) is 5.82 Å². The van der Waals surface area contributed by atoms with Gasteiger partial charge in [-0.05, 0) is 31.3 Å². The van der Waals surface area contributed by atoms with Crippen molar-refractivity contribution in [3.63, 3.8) is 0 Å². The number of piperazine rings is 1. The summed E-state index contributed by atoms with van der Waals surface area (Å²) in [5.74, 6) is -0.665. The number of fused-ring (bicyclic) bond motifs is 1. The lowest BCUT2D eigenvalue weighted by molar-refractivity contribution is 0.100. The molecule has 2 aromatic carbocycles. The number of amides is 1. The minimum Gasteiger partial charge on any atom is -0.495 e. The Kier molecular flexibility index (Phi) is 5.84. The fraction of sp³-hybridized carbons (Fsp3) is 0.273. The molecule has 1 aliphatic rings. The molecule has 3 aromatic rings. The van der Waals surface area contributed by atoms with Crippen molar-refractivity contribution >= 4 is 45.5 Å². The number of primary amides is 1. The maximum atomic E-state index is 14.5. The number of likely N-dealkylation sites (N-methyl/N-ethyl adjacent to an activating group) is 1. The largest absolute Gasteiger partial charge is 0.495 e. The Morgan fingerprint density at radius 3 is 2.68 bits per heavy atom. The molecule has 2 heterocycles. The number of pyridine rings is 1. The number of methoxy groups -OCH3 is 1. The SMILES string of the molecule is COc1cc2c(Nc3cccc(Cl)c3F)c(C(N)=O)cnc2cc1N1CCN(C)CC1. The van der Waals surface area contributed by atoms with Gasteiger partial charge in [-0.2, -0.15) is 0 Å². The van der Waals surface area contributed by atoms with Gasteiger partial charge in [0, 0.05) is 37.8 Å². The van der Waals surface area contributed by atoms with Crippen LogP contribution in [0.5, 0.6) is 5.75 Å². The average molecular weight is 444 g/mol. The van der Waals surface area contributed by atoms with Gasteiger partial charge in [-0.25, -0.2) is 4.39 Å². The highest BCUT2D eigenvalue weighted by atomic mass is 35.5. The van der Waals surface area contributed by atoms with Crippen LogP contribution < -0.4 is 20.7 Å². The van der Waals surface area contributed by atoms with Crippen molar-refractivity contribution in [2.24, 2.45) is 5.73 Å². The Morgan fingerprint density at radius 1 is 1.26 bits per heavy atom. The van der Waals surface area contributed by atoms with Gasteiger partial charge in [0.15, 0.2) is 5.82 Å². The second kappa shape index (κ2) is 8.56. The number of halogens is 2. The van der Waals surface area contributed by atoms with Crippen LogP contribution in [-0.4, -0.2) is 56.1 Å². The maximum Gasteiger partial charge on any atom is 0.252 e. The number of benzene rings is 2. The third kappa shape index (κ3) is 4.08. The van der Waals surface area contributed by atoms with Crippen LogP contribution in [0.15, 0.2) is 36.5 Å². The molecule has 1 fully saturated rings. The molecule has 162 valence electrons. The number of hydrogen-bond donors (Lipinski definition) is 2. The molecule has 0 saturated carbocycles. The Hall–Kier alpha value is -3.10. The number of nitrogens with two attached hydrogens (primary N) is 1. The minimum absolute atomic E-state index is 0.0288. The first-order valence-electron chi connectivity index (χ1n) is 9.84. The van der Waals surface area contributed by atoms with Gasteiger partial charge in [-0.1, -0.05) is 17.7 Å². The number of nitrogens with zero attached hydrogens (tertiary/aromatic N) is 3. The van der Waals surface area contributed by atoms with E-state index in [0.717, 1.165) is 31.9 Å². The lowest BCUT2D eigenvalue weighted by Gasteiger charge is -2.34. The highest BCUT2D eigenvalue weighted by molar-refractivity contribution is 6.31. The van der Waals surface area contributed by atoms with Crippen molar-refractivity contribution in [1.82, 2.24) is 9.88 Å². The molecular formula is C22H23ClFN5O2. The van der Waals surface area contributed by atoms with Crippen molar-refractivity contribution < 1.29 is 13.9 Å². The van der Waals surface area contributed by atoms with Crippen LogP contribution in [0.4, 0.5) is 21.5 Å². The molecule has 0 aliphatic carbocycles. The lowest BCUT2D eigenvalue weighted by atomic mass is 10.1. The van der Waals surface area contributed by atoms with Crippen LogP contribution in [-0.2, 0) is 0 Å². The molecule has 3 N–H and O–H groups in total. The molecule has 0 radical (unpaired) electrons. The smallest absolute Gasteiger partial charge is 0.252 e. The van der Waals surface area contributed by atoms with Gasteiger partial charge in [0.25, 0.3) is 5.91 Å². The number of carbonyl (C=O) groups excluding carboxylic acids is 1. The number of nitrogens with one attached hydrogen (secondary N) is 1. The second-order valence-corrected chi connectivity index (χ2v) is 7.88. The van der Waals surface area contributed by atoms with E-state index in [2.05, 4.69) is 27.1 Å². The van der Waals surface area contributed by atoms with E-state index in [1.165, 1.54) is 18.3 Å². The van der Waals surface area contributed by atoms with Crippen molar-refractivity contribution in [2.75, 3.05) is 50.6 Å². The normalized spacial score (nSPS) is 14.6. The first-order chi connectivity index (χ1) is 14.9. The van der Waals surface area contributed by atoms with E-state index in [9.17, 15) is 9.18 Å². The van der Waals surface area contributed by atoms with Gasteiger partial charge in [0.2, 0.25) is 0 Å². The van der Waals surface area contributed by atoms with E-state index in [-0.39, 0.29) is 16.3 Å². The number of carbonyl (C=O) groups is 1. The monoisotopic (exact) mass is 443 g/mol. The summed E-state index contributed by atoms with van der Waals surface area (Å²) in [6, 6.07) is 8.32. The topological polar surface area (TPSA) is 83.7 Å². The summed E-state index contributed by atoms with van der Waals surface area (Å²) in [5.41, 5.74) is 7.74. The molecule has 0 unspecified atom stereocenters. The molecule has 7 nitrogen and oxygen atoms in total. The highest BCUT2D eigenvalue weighted by Crippen LogP contribution is 2.38. The van der Waals surface area contributed by atoms with Gasteiger partial charge >= 0.3 is 0 Å². The zero-order chi connectivity index (χ0) is 22.1. The van der Waals surface area contributed by atoms with Crippen molar-refractivity contribution in [3.05, 3.63) is 52.9 Å². The third-order valence-electron chi connectivity index (χ3n) is 5.49. The van der Waals surface area contributed by atoms with Crippen LogP contribution in [0.2, 0.25) is 5.02 Å². The molecule has 1 saturated heterocycles. The molecular weight excluding hydrogens is 421 g/mol. The van der Waals surface area contributed by atoms with E-state index in [1.54, 1.807) is 19.2 Å². The standard InChI is InChI=1S/C22H23ClFN5O2/c1-28-6-8-29(9-7-28)18-11-17-13(10-19(18)31-2)21(14(12-26-17)22(25)30)27-16-5-3-4-15(23)20(16)24/h3-5,10-12H,6-9H2,1-2H3,(H2,25,30)(H,26,27). The Labute approximate surface area is 184 Å². The van der Waals surface area contributed by atoms with E-state index in [4.69, 9.17) is 22.1 Å². The highest BCUT2D eigenvalue weighted by Gasteiger charge is 2.22. The Balaban J connectivity index is 1.86. The molecule has 1 amide bonds. The summed E-state index contributed by atoms with van der Waals surface area (Å²) >= 11 is 5.92. The van der Waals surface area contributed by atoms with Crippen molar-refractivity contribution in [3.8, 4) is 5.75 Å². The van der Waals surface area contributed by atoms with E-state index in [1.807, 2.05) is 6.07 Å². The zero-order valence-corrected chi connectivity index (χ0v) is 18.0. The maximum absolute atomic E-state index is 14.5. The second-order valence-electron chi connectivity index (χ2n) is 7.47. The molecule has 31 heavy (non-hydrogen) atoms. The van der Waals surface area contributed by atoms with Gasteiger partial charge < -0.3 is 25.6 Å². The van der Waals surface area contributed by atoms with Crippen molar-refractivity contribution in [2.45, 2.75) is 0 Å². The number of anilines is 3.